The summed E-state index contributed by atoms with van der Waals surface area (Å²) in [6.45, 7) is -2.77. The number of fused-ring (bicyclic) bond motifs is 2. The summed E-state index contributed by atoms with van der Waals surface area (Å²) in [5, 5.41) is 17.9. The fraction of sp³-hybridized carbons (Fsp3) is 0.250. The van der Waals surface area contributed by atoms with Crippen molar-refractivity contribution in [2.75, 3.05) is 5.32 Å². The molecule has 2 aromatic carbocycles. The number of benzene rings is 2. The normalized spacial score (nSPS) is 19.2. The number of hydrogen-bond donors (Lipinski definition) is 1. The molecule has 0 spiro atoms. The Kier molecular flexibility index (Phi) is 5.86. The van der Waals surface area contributed by atoms with E-state index in [1.54, 1.807) is 18.2 Å². The third-order valence-corrected chi connectivity index (χ3v) is 7.08. The molecule has 6 rings (SSSR count). The van der Waals surface area contributed by atoms with E-state index in [-0.39, 0.29) is 16.6 Å². The number of hydrogen-bond acceptors (Lipinski definition) is 6. The zero-order chi connectivity index (χ0) is 26.6. The number of rotatable bonds is 5. The van der Waals surface area contributed by atoms with Crippen LogP contribution in [0.15, 0.2) is 48.9 Å². The van der Waals surface area contributed by atoms with E-state index in [4.69, 9.17) is 11.6 Å². The Bertz CT molecular complexity index is 1600. The maximum Gasteiger partial charge on any atom is 0.333 e. The second-order valence-corrected chi connectivity index (χ2v) is 9.43. The van der Waals surface area contributed by atoms with Gasteiger partial charge in [0.25, 0.3) is 0 Å². The van der Waals surface area contributed by atoms with E-state index >= 15 is 4.39 Å². The molecular weight excluding hydrogens is 525 g/mol. The number of anilines is 1. The Labute approximate surface area is 217 Å². The standard InChI is InChI=1S/C24H18ClF3N8O2/c25-16-3-6-18(35-11-29-32-33-35)21(22(16)26)12-8-15-2-5-19(36(15)20(37)9-12)23(38)30-14-1-4-17-13(7-14)10-34(31-17)24(27)28/h1,3-4,6-7,9-11,15,19,24H,2,5,8H2,(H,30,38)/t15-,19+/m1/s1. The Morgan fingerprint density at radius 3 is 2.79 bits per heavy atom. The first-order valence-electron chi connectivity index (χ1n) is 11.6. The Morgan fingerprint density at radius 2 is 2.03 bits per heavy atom. The zero-order valence-electron chi connectivity index (χ0n) is 19.4. The van der Waals surface area contributed by atoms with Gasteiger partial charge in [0.2, 0.25) is 11.8 Å². The SMILES string of the molecule is O=C(Nc1ccc2nn(C(F)F)cc2c1)[C@@H]1CC[C@@H]2CC(c3c(-n4cnnn4)ccc(Cl)c3F)=CC(=O)N21. The van der Waals surface area contributed by atoms with Gasteiger partial charge < -0.3 is 10.2 Å². The molecule has 1 N–H and O–H groups in total. The minimum atomic E-state index is -2.77. The van der Waals surface area contributed by atoms with Gasteiger partial charge in [-0.1, -0.05) is 11.6 Å². The van der Waals surface area contributed by atoms with Crippen LogP contribution >= 0.6 is 11.6 Å². The molecule has 4 aromatic rings. The molecule has 1 fully saturated rings. The molecule has 14 heteroatoms. The molecular formula is C24H18ClF3N8O2. The molecule has 0 aliphatic carbocycles. The minimum Gasteiger partial charge on any atom is -0.324 e. The molecule has 1 saturated heterocycles. The summed E-state index contributed by atoms with van der Waals surface area (Å²) < 4.78 is 42.9. The Hall–Kier alpha value is -4.26. The van der Waals surface area contributed by atoms with E-state index in [1.807, 2.05) is 0 Å². The number of alkyl halides is 2. The number of nitrogens with zero attached hydrogens (tertiary/aromatic N) is 7. The van der Waals surface area contributed by atoms with Crippen molar-refractivity contribution in [2.24, 2.45) is 0 Å². The van der Waals surface area contributed by atoms with Crippen LogP contribution in [0, 0.1) is 5.82 Å². The quantitative estimate of drug-likeness (QED) is 0.408. The monoisotopic (exact) mass is 542 g/mol. The summed E-state index contributed by atoms with van der Waals surface area (Å²) in [6.07, 6.45) is 5.07. The number of nitrogens with one attached hydrogen (secondary N) is 1. The average Bonchev–Trinajstić information content (AvgIpc) is 3.65. The van der Waals surface area contributed by atoms with Gasteiger partial charge in [-0.3, -0.25) is 9.59 Å². The summed E-state index contributed by atoms with van der Waals surface area (Å²) >= 11 is 6.06. The lowest BCUT2D eigenvalue weighted by Crippen LogP contribution is -2.48. The number of halogens is 4. The summed E-state index contributed by atoms with van der Waals surface area (Å²) in [4.78, 5) is 27.9. The number of carbonyl (C=O) groups excluding carboxylic acids is 2. The topological polar surface area (TPSA) is 111 Å². The maximum atomic E-state index is 15.2. The first-order valence-corrected chi connectivity index (χ1v) is 12.0. The number of aromatic nitrogens is 6. The minimum absolute atomic E-state index is 0.104. The number of tetrazole rings is 1. The predicted molar refractivity (Wildman–Crippen MR) is 130 cm³/mol. The molecule has 2 aliphatic rings. The molecule has 2 aliphatic heterocycles. The molecule has 194 valence electrons. The molecule has 2 aromatic heterocycles. The predicted octanol–water partition coefficient (Wildman–Crippen LogP) is 3.99. The second-order valence-electron chi connectivity index (χ2n) is 9.03. The fourth-order valence-corrected chi connectivity index (χ4v) is 5.30. The van der Waals surface area contributed by atoms with Crippen LogP contribution in [0.25, 0.3) is 22.2 Å². The van der Waals surface area contributed by atoms with Gasteiger partial charge in [0, 0.05) is 35.0 Å². The van der Waals surface area contributed by atoms with Gasteiger partial charge in [-0.05, 0) is 65.6 Å². The molecule has 4 heterocycles. The highest BCUT2D eigenvalue weighted by molar-refractivity contribution is 6.31. The summed E-state index contributed by atoms with van der Waals surface area (Å²) in [5.74, 6) is -1.52. The summed E-state index contributed by atoms with van der Waals surface area (Å²) in [6, 6.07) is 6.53. The van der Waals surface area contributed by atoms with E-state index in [2.05, 4.69) is 25.9 Å². The van der Waals surface area contributed by atoms with E-state index in [0.29, 0.717) is 51.8 Å². The lowest BCUT2D eigenvalue weighted by Gasteiger charge is -2.33. The summed E-state index contributed by atoms with van der Waals surface area (Å²) in [7, 11) is 0. The van der Waals surface area contributed by atoms with Crippen LogP contribution in [0.5, 0.6) is 0 Å². The smallest absolute Gasteiger partial charge is 0.324 e. The van der Waals surface area contributed by atoms with Gasteiger partial charge in [-0.25, -0.2) is 9.07 Å². The van der Waals surface area contributed by atoms with Crippen molar-refractivity contribution in [2.45, 2.75) is 37.9 Å². The molecule has 0 bridgehead atoms. The molecule has 0 unspecified atom stereocenters. The van der Waals surface area contributed by atoms with E-state index in [9.17, 15) is 18.4 Å². The van der Waals surface area contributed by atoms with Crippen molar-refractivity contribution in [1.82, 2.24) is 34.9 Å². The van der Waals surface area contributed by atoms with Crippen LogP contribution in [0.4, 0.5) is 18.9 Å². The highest BCUT2D eigenvalue weighted by Crippen LogP contribution is 2.40. The average molecular weight is 543 g/mol. The van der Waals surface area contributed by atoms with Crippen LogP contribution in [0.3, 0.4) is 0 Å². The first-order chi connectivity index (χ1) is 18.3. The third-order valence-electron chi connectivity index (χ3n) is 6.79. The van der Waals surface area contributed by atoms with Crippen LogP contribution in [-0.4, -0.2) is 58.8 Å². The Balaban J connectivity index is 1.25. The molecule has 38 heavy (non-hydrogen) atoms. The fourth-order valence-electron chi connectivity index (χ4n) is 5.14. The molecule has 0 radical (unpaired) electrons. The van der Waals surface area contributed by atoms with Crippen LogP contribution in [-0.2, 0) is 9.59 Å². The molecule has 0 saturated carbocycles. The van der Waals surface area contributed by atoms with Crippen LogP contribution in [0.2, 0.25) is 5.02 Å². The lowest BCUT2D eigenvalue weighted by molar-refractivity contribution is -0.135. The maximum absolute atomic E-state index is 15.2. The van der Waals surface area contributed by atoms with Gasteiger partial charge in [-0.15, -0.1) is 5.10 Å². The molecule has 10 nitrogen and oxygen atoms in total. The van der Waals surface area contributed by atoms with Crippen molar-refractivity contribution < 1.29 is 22.8 Å². The van der Waals surface area contributed by atoms with Crippen molar-refractivity contribution in [3.63, 3.8) is 0 Å². The van der Waals surface area contributed by atoms with E-state index < -0.39 is 30.2 Å². The van der Waals surface area contributed by atoms with E-state index in [0.717, 1.165) is 0 Å². The Morgan fingerprint density at radius 1 is 1.18 bits per heavy atom. The molecule has 2 amide bonds. The van der Waals surface area contributed by atoms with Gasteiger partial charge in [-0.2, -0.15) is 18.6 Å². The van der Waals surface area contributed by atoms with Gasteiger partial charge >= 0.3 is 6.55 Å². The van der Waals surface area contributed by atoms with Crippen molar-refractivity contribution in [3.8, 4) is 5.69 Å². The zero-order valence-corrected chi connectivity index (χ0v) is 20.2. The van der Waals surface area contributed by atoms with E-state index in [1.165, 1.54) is 40.3 Å². The lowest BCUT2D eigenvalue weighted by atomic mass is 9.92. The third kappa shape index (κ3) is 4.08. The van der Waals surface area contributed by atoms with Crippen molar-refractivity contribution in [3.05, 3.63) is 65.3 Å². The highest BCUT2D eigenvalue weighted by Gasteiger charge is 2.43. The summed E-state index contributed by atoms with van der Waals surface area (Å²) in [5.41, 5.74) is 1.66. The first kappa shape index (κ1) is 24.1. The largest absolute Gasteiger partial charge is 0.333 e. The van der Waals surface area contributed by atoms with Gasteiger partial charge in [0.05, 0.1) is 16.2 Å². The molecule has 2 atom stereocenters. The van der Waals surface area contributed by atoms with Gasteiger partial charge in [0.1, 0.15) is 12.4 Å². The van der Waals surface area contributed by atoms with Crippen LogP contribution in [0.1, 0.15) is 31.4 Å². The highest BCUT2D eigenvalue weighted by atomic mass is 35.5. The van der Waals surface area contributed by atoms with Gasteiger partial charge in [0.15, 0.2) is 5.82 Å². The van der Waals surface area contributed by atoms with Crippen molar-refractivity contribution >= 4 is 45.6 Å². The number of carbonyl (C=O) groups is 2. The number of amides is 2. The van der Waals surface area contributed by atoms with Crippen molar-refractivity contribution in [1.29, 1.82) is 0 Å². The second kappa shape index (κ2) is 9.24. The van der Waals surface area contributed by atoms with Crippen LogP contribution < -0.4 is 5.32 Å².